The molecule has 4 rings (SSSR count). The number of hydrogen-bond acceptors (Lipinski definition) is 2. The fourth-order valence-corrected chi connectivity index (χ4v) is 4.38. The largest absolute Gasteiger partial charge is 0.480 e. The Morgan fingerprint density at radius 2 is 1.65 bits per heavy atom. The molecule has 0 spiro atoms. The van der Waals surface area contributed by atoms with Gasteiger partial charge in [-0.25, -0.2) is 4.79 Å². The number of aromatic nitrogens is 1. The molecule has 4 heteroatoms. The highest BCUT2D eigenvalue weighted by molar-refractivity contribution is 5.72. The second-order valence-electron chi connectivity index (χ2n) is 8.32. The number of aliphatic carboxylic acids is 1. The van der Waals surface area contributed by atoms with E-state index in [0.717, 1.165) is 30.8 Å². The molecule has 0 aliphatic carbocycles. The molecule has 0 amide bonds. The molecule has 1 aliphatic rings. The van der Waals surface area contributed by atoms with E-state index in [1.54, 1.807) is 17.0 Å². The van der Waals surface area contributed by atoms with Gasteiger partial charge in [-0.2, -0.15) is 0 Å². The van der Waals surface area contributed by atoms with Crippen LogP contribution in [0.4, 0.5) is 0 Å². The average Bonchev–Trinajstić information content (AvgIpc) is 3.34. The summed E-state index contributed by atoms with van der Waals surface area (Å²) in [5, 5.41) is 9.55. The van der Waals surface area contributed by atoms with Crippen LogP contribution in [0.1, 0.15) is 41.5 Å². The Morgan fingerprint density at radius 1 is 0.968 bits per heavy atom. The Labute approximate surface area is 184 Å². The van der Waals surface area contributed by atoms with Crippen LogP contribution in [0.2, 0.25) is 0 Å². The van der Waals surface area contributed by atoms with Gasteiger partial charge in [0.25, 0.3) is 0 Å². The average molecular weight is 415 g/mol. The number of piperidine rings is 1. The highest BCUT2D eigenvalue weighted by Crippen LogP contribution is 2.27. The molecule has 1 aromatic heterocycles. The topological polar surface area (TPSA) is 45.5 Å². The molecule has 0 radical (unpaired) electrons. The maximum Gasteiger partial charge on any atom is 0.327 e. The van der Waals surface area contributed by atoms with Gasteiger partial charge in [0.2, 0.25) is 0 Å². The Bertz CT molecular complexity index is 970. The molecule has 1 N–H and O–H groups in total. The fourth-order valence-electron chi connectivity index (χ4n) is 4.38. The quantitative estimate of drug-likeness (QED) is 0.548. The Balaban J connectivity index is 1.26. The van der Waals surface area contributed by atoms with Crippen LogP contribution in [0.25, 0.3) is 6.08 Å². The van der Waals surface area contributed by atoms with Crippen molar-refractivity contribution in [3.8, 4) is 0 Å². The van der Waals surface area contributed by atoms with Crippen LogP contribution in [-0.2, 0) is 11.2 Å². The lowest BCUT2D eigenvalue weighted by atomic mass is 9.89. The molecule has 2 aromatic carbocycles. The van der Waals surface area contributed by atoms with E-state index >= 15 is 0 Å². The first-order valence-electron chi connectivity index (χ1n) is 11.1. The van der Waals surface area contributed by atoms with E-state index in [-0.39, 0.29) is 0 Å². The number of rotatable bonds is 8. The normalized spacial score (nSPS) is 16.5. The SMILES string of the molecule is O=C(O)[C@H](Cc1ccc(/C=C/CN2CCC(c3ccccc3)CC2)cc1)n1cccc1. The zero-order valence-corrected chi connectivity index (χ0v) is 17.8. The Kier molecular flexibility index (Phi) is 7.00. The molecule has 160 valence electrons. The zero-order chi connectivity index (χ0) is 21.5. The highest BCUT2D eigenvalue weighted by atomic mass is 16.4. The first kappa shape index (κ1) is 21.1. The number of carboxylic acid groups (broad SMARTS) is 1. The van der Waals surface area contributed by atoms with Gasteiger partial charge in [-0.15, -0.1) is 0 Å². The molecule has 1 saturated heterocycles. The lowest BCUT2D eigenvalue weighted by Gasteiger charge is -2.31. The Hall–Kier alpha value is -3.11. The molecule has 1 aliphatic heterocycles. The van der Waals surface area contributed by atoms with Crippen molar-refractivity contribution in [2.24, 2.45) is 0 Å². The van der Waals surface area contributed by atoms with Crippen molar-refractivity contribution >= 4 is 12.0 Å². The van der Waals surface area contributed by atoms with Gasteiger partial charge in [-0.05, 0) is 60.7 Å². The minimum Gasteiger partial charge on any atom is -0.480 e. The number of likely N-dealkylation sites (tertiary alicyclic amines) is 1. The van der Waals surface area contributed by atoms with Crippen molar-refractivity contribution in [2.45, 2.75) is 31.2 Å². The molecule has 1 fully saturated rings. The molecular formula is C27H30N2O2. The van der Waals surface area contributed by atoms with E-state index in [0.29, 0.717) is 12.3 Å². The second-order valence-corrected chi connectivity index (χ2v) is 8.32. The van der Waals surface area contributed by atoms with Crippen LogP contribution < -0.4 is 0 Å². The monoisotopic (exact) mass is 414 g/mol. The number of carbonyl (C=O) groups is 1. The molecule has 0 bridgehead atoms. The van der Waals surface area contributed by atoms with Gasteiger partial charge >= 0.3 is 5.97 Å². The van der Waals surface area contributed by atoms with Gasteiger partial charge < -0.3 is 9.67 Å². The predicted octanol–water partition coefficient (Wildman–Crippen LogP) is 5.25. The van der Waals surface area contributed by atoms with E-state index < -0.39 is 12.0 Å². The van der Waals surface area contributed by atoms with Crippen LogP contribution in [-0.4, -0.2) is 40.2 Å². The first-order chi connectivity index (χ1) is 15.2. The van der Waals surface area contributed by atoms with Crippen LogP contribution in [0.5, 0.6) is 0 Å². The first-order valence-corrected chi connectivity index (χ1v) is 11.1. The van der Waals surface area contributed by atoms with Crippen molar-refractivity contribution in [1.29, 1.82) is 0 Å². The summed E-state index contributed by atoms with van der Waals surface area (Å²) in [6, 6.07) is 22.2. The van der Waals surface area contributed by atoms with Crippen molar-refractivity contribution in [3.63, 3.8) is 0 Å². The maximum absolute atomic E-state index is 11.6. The summed E-state index contributed by atoms with van der Waals surface area (Å²) in [5.74, 6) is -0.119. The summed E-state index contributed by atoms with van der Waals surface area (Å²) in [5.41, 5.74) is 3.65. The number of benzene rings is 2. The number of nitrogens with zero attached hydrogens (tertiary/aromatic N) is 2. The van der Waals surface area contributed by atoms with Crippen molar-refractivity contribution in [1.82, 2.24) is 9.47 Å². The summed E-state index contributed by atoms with van der Waals surface area (Å²) in [6.07, 6.45) is 10.9. The van der Waals surface area contributed by atoms with Gasteiger partial charge in [0.1, 0.15) is 6.04 Å². The maximum atomic E-state index is 11.6. The van der Waals surface area contributed by atoms with Gasteiger partial charge in [0, 0.05) is 25.4 Å². The van der Waals surface area contributed by atoms with E-state index in [2.05, 4.69) is 59.5 Å². The van der Waals surface area contributed by atoms with Gasteiger partial charge in [-0.1, -0.05) is 66.7 Å². The smallest absolute Gasteiger partial charge is 0.327 e. The van der Waals surface area contributed by atoms with E-state index in [1.807, 2.05) is 24.3 Å². The van der Waals surface area contributed by atoms with E-state index in [9.17, 15) is 9.90 Å². The number of carboxylic acids is 1. The second kappa shape index (κ2) is 10.3. The summed E-state index contributed by atoms with van der Waals surface area (Å²) >= 11 is 0. The summed E-state index contributed by atoms with van der Waals surface area (Å²) in [7, 11) is 0. The third kappa shape index (κ3) is 5.74. The van der Waals surface area contributed by atoms with Gasteiger partial charge in [0.15, 0.2) is 0 Å². The third-order valence-corrected chi connectivity index (χ3v) is 6.21. The van der Waals surface area contributed by atoms with Gasteiger partial charge in [0.05, 0.1) is 0 Å². The molecular weight excluding hydrogens is 384 g/mol. The standard InChI is InChI=1S/C27H30N2O2/c30-27(31)26(29-17-4-5-18-29)21-23-12-10-22(11-13-23)7-6-16-28-19-14-25(15-20-28)24-8-2-1-3-9-24/h1-13,17-18,25-26H,14-16,19-21H2,(H,30,31)/b7-6+/t26-/m0/s1. The minimum absolute atomic E-state index is 0.477. The lowest BCUT2D eigenvalue weighted by Crippen LogP contribution is -2.32. The zero-order valence-electron chi connectivity index (χ0n) is 17.8. The van der Waals surface area contributed by atoms with Crippen molar-refractivity contribution in [3.05, 3.63) is 102 Å². The van der Waals surface area contributed by atoms with E-state index in [1.165, 1.54) is 18.4 Å². The Morgan fingerprint density at radius 3 is 2.29 bits per heavy atom. The molecule has 0 saturated carbocycles. The molecule has 4 nitrogen and oxygen atoms in total. The minimum atomic E-state index is -0.809. The third-order valence-electron chi connectivity index (χ3n) is 6.21. The molecule has 2 heterocycles. The molecule has 31 heavy (non-hydrogen) atoms. The van der Waals surface area contributed by atoms with Crippen LogP contribution in [0, 0.1) is 0 Å². The van der Waals surface area contributed by atoms with Crippen molar-refractivity contribution < 1.29 is 9.90 Å². The lowest BCUT2D eigenvalue weighted by molar-refractivity contribution is -0.140. The highest BCUT2D eigenvalue weighted by Gasteiger charge is 2.20. The number of hydrogen-bond donors (Lipinski definition) is 1. The summed E-state index contributed by atoms with van der Waals surface area (Å²) < 4.78 is 1.75. The predicted molar refractivity (Wildman–Crippen MR) is 125 cm³/mol. The fraction of sp³-hybridized carbons (Fsp3) is 0.296. The molecule has 0 unspecified atom stereocenters. The van der Waals surface area contributed by atoms with E-state index in [4.69, 9.17) is 0 Å². The van der Waals surface area contributed by atoms with Crippen LogP contribution >= 0.6 is 0 Å². The van der Waals surface area contributed by atoms with Gasteiger partial charge in [-0.3, -0.25) is 4.90 Å². The summed E-state index contributed by atoms with van der Waals surface area (Å²) in [6.45, 7) is 3.25. The molecule has 1 atom stereocenters. The summed E-state index contributed by atoms with van der Waals surface area (Å²) in [4.78, 5) is 14.1. The molecule has 3 aromatic rings. The van der Waals surface area contributed by atoms with Crippen LogP contribution in [0.15, 0.2) is 85.2 Å². The van der Waals surface area contributed by atoms with Crippen molar-refractivity contribution in [2.75, 3.05) is 19.6 Å². The van der Waals surface area contributed by atoms with Crippen LogP contribution in [0.3, 0.4) is 0 Å².